The highest BCUT2D eigenvalue weighted by molar-refractivity contribution is 5.76. The molecule has 14 nitrogen and oxygen atoms in total. The van der Waals surface area contributed by atoms with E-state index in [9.17, 15) is 45.6 Å². The number of hydrogen-bond acceptors (Lipinski definition) is 13. The van der Waals surface area contributed by atoms with E-state index >= 15 is 0 Å². The quantitative estimate of drug-likeness (QED) is 0.0204. The number of carbonyl (C=O) groups is 1. The Kier molecular flexibility index (Phi) is 57.4. The lowest BCUT2D eigenvalue weighted by molar-refractivity contribution is -0.359. The first kappa shape index (κ1) is 84.6. The Morgan fingerprint density at radius 3 is 1.09 bits per heavy atom. The van der Waals surface area contributed by atoms with Crippen LogP contribution in [-0.4, -0.2) is 140 Å². The lowest BCUT2D eigenvalue weighted by atomic mass is 9.97. The van der Waals surface area contributed by atoms with Crippen LogP contribution in [0.4, 0.5) is 0 Å². The molecule has 12 unspecified atom stereocenters. The third kappa shape index (κ3) is 44.3. The summed E-state index contributed by atoms with van der Waals surface area (Å²) < 4.78 is 22.9. The van der Waals surface area contributed by atoms with Gasteiger partial charge in [-0.3, -0.25) is 4.79 Å². The summed E-state index contributed by atoms with van der Waals surface area (Å²) in [7, 11) is 0. The molecule has 0 bridgehead atoms. The number of aliphatic hydroxyl groups is 8. The molecule has 0 aromatic heterocycles. The average molecular weight is 1280 g/mol. The molecule has 2 rings (SSSR count). The minimum atomic E-state index is -1.79. The molecule has 0 radical (unpaired) electrons. The second-order valence-corrected chi connectivity index (χ2v) is 27.5. The Bertz CT molecular complexity index is 1600. The molecular formula is C76H145NO13. The van der Waals surface area contributed by atoms with Gasteiger partial charge in [0.05, 0.1) is 32.0 Å². The van der Waals surface area contributed by atoms with E-state index in [0.717, 1.165) is 32.1 Å². The van der Waals surface area contributed by atoms with Crippen LogP contribution >= 0.6 is 0 Å². The number of unbranched alkanes of at least 4 members (excludes halogenated alkanes) is 50. The summed E-state index contributed by atoms with van der Waals surface area (Å²) >= 11 is 0. The molecule has 0 spiro atoms. The van der Waals surface area contributed by atoms with Gasteiger partial charge in [-0.15, -0.1) is 0 Å². The van der Waals surface area contributed by atoms with Gasteiger partial charge in [-0.1, -0.05) is 346 Å². The summed E-state index contributed by atoms with van der Waals surface area (Å²) in [6.45, 7) is 2.85. The fraction of sp³-hybridized carbons (Fsp3) is 0.934. The van der Waals surface area contributed by atoms with Crippen molar-refractivity contribution < 1.29 is 64.6 Å². The molecule has 2 aliphatic heterocycles. The molecule has 14 heteroatoms. The van der Waals surface area contributed by atoms with Crippen molar-refractivity contribution in [2.45, 2.75) is 434 Å². The summed E-state index contributed by atoms with van der Waals surface area (Å²) in [4.78, 5) is 13.4. The van der Waals surface area contributed by atoms with E-state index in [1.54, 1.807) is 6.08 Å². The van der Waals surface area contributed by atoms with Crippen LogP contribution in [0.15, 0.2) is 24.3 Å². The van der Waals surface area contributed by atoms with E-state index in [4.69, 9.17) is 18.9 Å². The molecule has 1 amide bonds. The molecule has 12 atom stereocenters. The minimum Gasteiger partial charge on any atom is -0.394 e. The molecular weight excluding hydrogens is 1130 g/mol. The number of amides is 1. The van der Waals surface area contributed by atoms with Crippen LogP contribution in [0.1, 0.15) is 361 Å². The van der Waals surface area contributed by atoms with Gasteiger partial charge in [0, 0.05) is 6.42 Å². The van der Waals surface area contributed by atoms with Crippen molar-refractivity contribution in [2.75, 3.05) is 19.8 Å². The summed E-state index contributed by atoms with van der Waals surface area (Å²) in [6.07, 6.45) is 61.2. The van der Waals surface area contributed by atoms with Crippen LogP contribution in [-0.2, 0) is 23.7 Å². The number of carbonyl (C=O) groups excluding carboxylic acids is 1. The number of rotatable bonds is 65. The van der Waals surface area contributed by atoms with Crippen molar-refractivity contribution in [2.24, 2.45) is 0 Å². The summed E-state index contributed by atoms with van der Waals surface area (Å²) in [5.41, 5.74) is 0. The highest BCUT2D eigenvalue weighted by atomic mass is 16.7. The van der Waals surface area contributed by atoms with Crippen LogP contribution in [0.5, 0.6) is 0 Å². The smallest absolute Gasteiger partial charge is 0.220 e. The SMILES string of the molecule is CCCCCCCCCCCCCCCCCCCCCCCCCCCC/C=C/CC/C=C/C(O)C(COC1OC(CO)C(OC2OC(CO)C(O)C(O)C2O)C(O)C1O)NC(=O)CCCCCCCCCCCCCCCCCCCCCCCCCC. The molecule has 2 saturated heterocycles. The number of ether oxygens (including phenoxy) is 4. The number of aliphatic hydroxyl groups excluding tert-OH is 8. The van der Waals surface area contributed by atoms with Crippen LogP contribution < -0.4 is 5.32 Å². The van der Waals surface area contributed by atoms with Crippen LogP contribution in [0.2, 0.25) is 0 Å². The van der Waals surface area contributed by atoms with Crippen molar-refractivity contribution >= 4 is 5.91 Å². The molecule has 90 heavy (non-hydrogen) atoms. The fourth-order valence-corrected chi connectivity index (χ4v) is 13.0. The first-order valence-corrected chi connectivity index (χ1v) is 38.6. The third-order valence-electron chi connectivity index (χ3n) is 19.1. The molecule has 0 saturated carbocycles. The molecule has 0 aromatic rings. The van der Waals surface area contributed by atoms with E-state index < -0.39 is 86.8 Å². The molecule has 9 N–H and O–H groups in total. The summed E-state index contributed by atoms with van der Waals surface area (Å²) in [5.74, 6) is -0.241. The standard InChI is InChI=1S/C76H145NO13/c1-3-5-7-9-11-13-15-17-19-21-23-25-27-29-30-31-32-33-34-35-36-37-39-41-43-45-47-49-51-53-55-57-59-65(80)64(63-87-75-73(86)71(84)74(67(62-79)89-75)90-76-72(85)70(83)69(82)66(61-78)88-76)77-68(81)60-58-56-54-52-50-48-46-44-42-40-38-28-26-24-22-20-18-16-14-12-10-8-6-4-2/h49,51,57,59,64-67,69-76,78-80,82-86H,3-48,50,52-56,58,60-63H2,1-2H3,(H,77,81)/b51-49+,59-57+. The third-order valence-corrected chi connectivity index (χ3v) is 19.1. The van der Waals surface area contributed by atoms with Gasteiger partial charge >= 0.3 is 0 Å². The van der Waals surface area contributed by atoms with Gasteiger partial charge in [-0.2, -0.15) is 0 Å². The Labute approximate surface area is 551 Å². The van der Waals surface area contributed by atoms with Crippen LogP contribution in [0.3, 0.4) is 0 Å². The zero-order valence-electron chi connectivity index (χ0n) is 58.2. The maximum atomic E-state index is 13.4. The summed E-state index contributed by atoms with van der Waals surface area (Å²) in [6, 6.07) is -0.930. The minimum absolute atomic E-state index is 0.241. The molecule has 2 aliphatic rings. The second-order valence-electron chi connectivity index (χ2n) is 27.5. The van der Waals surface area contributed by atoms with Gasteiger partial charge in [0.15, 0.2) is 12.6 Å². The Balaban J connectivity index is 1.65. The van der Waals surface area contributed by atoms with Gasteiger partial charge in [0.2, 0.25) is 5.91 Å². The van der Waals surface area contributed by atoms with Gasteiger partial charge in [0.25, 0.3) is 0 Å². The molecule has 532 valence electrons. The predicted molar refractivity (Wildman–Crippen MR) is 369 cm³/mol. The Morgan fingerprint density at radius 2 is 0.711 bits per heavy atom. The fourth-order valence-electron chi connectivity index (χ4n) is 13.0. The van der Waals surface area contributed by atoms with Gasteiger partial charge < -0.3 is 65.1 Å². The van der Waals surface area contributed by atoms with E-state index in [1.165, 1.54) is 295 Å². The van der Waals surface area contributed by atoms with Crippen molar-refractivity contribution in [3.05, 3.63) is 24.3 Å². The lowest BCUT2D eigenvalue weighted by Crippen LogP contribution is -2.65. The zero-order valence-corrected chi connectivity index (χ0v) is 58.2. The highest BCUT2D eigenvalue weighted by Gasteiger charge is 2.51. The largest absolute Gasteiger partial charge is 0.394 e. The molecule has 0 aromatic carbocycles. The van der Waals surface area contributed by atoms with Gasteiger partial charge in [0.1, 0.15) is 48.8 Å². The van der Waals surface area contributed by atoms with Crippen LogP contribution in [0, 0.1) is 0 Å². The van der Waals surface area contributed by atoms with Crippen LogP contribution in [0.25, 0.3) is 0 Å². The van der Waals surface area contributed by atoms with E-state index in [1.807, 2.05) is 6.08 Å². The monoisotopic (exact) mass is 1280 g/mol. The number of allylic oxidation sites excluding steroid dienone is 3. The van der Waals surface area contributed by atoms with Crippen molar-refractivity contribution in [3.63, 3.8) is 0 Å². The molecule has 2 heterocycles. The predicted octanol–water partition coefficient (Wildman–Crippen LogP) is 16.7. The Hall–Kier alpha value is -1.53. The van der Waals surface area contributed by atoms with Gasteiger partial charge in [-0.25, -0.2) is 0 Å². The zero-order chi connectivity index (χ0) is 65.2. The normalized spacial score (nSPS) is 23.0. The maximum Gasteiger partial charge on any atom is 0.220 e. The van der Waals surface area contributed by atoms with Gasteiger partial charge in [-0.05, 0) is 32.1 Å². The van der Waals surface area contributed by atoms with E-state index in [0.29, 0.717) is 12.8 Å². The second kappa shape index (κ2) is 61.1. The Morgan fingerprint density at radius 1 is 0.389 bits per heavy atom. The topological polar surface area (TPSA) is 228 Å². The molecule has 2 fully saturated rings. The first-order valence-electron chi connectivity index (χ1n) is 38.6. The number of nitrogens with one attached hydrogen (secondary N) is 1. The first-order chi connectivity index (χ1) is 44.1. The maximum absolute atomic E-state index is 13.4. The van der Waals surface area contributed by atoms with Crippen molar-refractivity contribution in [3.8, 4) is 0 Å². The highest BCUT2D eigenvalue weighted by Crippen LogP contribution is 2.30. The average Bonchev–Trinajstić information content (AvgIpc) is 3.69. The van der Waals surface area contributed by atoms with Crippen molar-refractivity contribution in [1.29, 1.82) is 0 Å². The van der Waals surface area contributed by atoms with Crippen molar-refractivity contribution in [1.82, 2.24) is 5.32 Å². The summed E-state index contributed by atoms with van der Waals surface area (Å²) in [5, 5.41) is 87.6. The lowest BCUT2D eigenvalue weighted by Gasteiger charge is -2.46. The van der Waals surface area contributed by atoms with E-state index in [2.05, 4.69) is 31.3 Å². The van der Waals surface area contributed by atoms with E-state index in [-0.39, 0.29) is 18.9 Å². The number of hydrogen-bond donors (Lipinski definition) is 9. The molecule has 0 aliphatic carbocycles.